The van der Waals surface area contributed by atoms with Gasteiger partial charge in [-0.2, -0.15) is 0 Å². The predicted molar refractivity (Wildman–Crippen MR) is 38.6 cm³/mol. The van der Waals surface area contributed by atoms with E-state index in [1.807, 2.05) is 0 Å². The summed E-state index contributed by atoms with van der Waals surface area (Å²) in [5.41, 5.74) is 0. The van der Waals surface area contributed by atoms with Crippen molar-refractivity contribution in [1.82, 2.24) is 0 Å². The summed E-state index contributed by atoms with van der Waals surface area (Å²) in [6.07, 6.45) is 2.72. The topological polar surface area (TPSA) is 49.7 Å². The average molecular weight is 148 g/mol. The Labute approximate surface area is 61.6 Å². The van der Waals surface area contributed by atoms with E-state index in [-0.39, 0.29) is 6.61 Å². The maximum Gasteiger partial charge on any atom is 0.154 e. The van der Waals surface area contributed by atoms with Crippen LogP contribution in [-0.4, -0.2) is 30.2 Å². The van der Waals surface area contributed by atoms with E-state index < -0.39 is 6.29 Å². The molecule has 0 heterocycles. The fraction of sp³-hybridized carbons (Fsp3) is 1.00. The van der Waals surface area contributed by atoms with Gasteiger partial charge in [0, 0.05) is 13.7 Å². The van der Waals surface area contributed by atoms with Crippen molar-refractivity contribution in [2.45, 2.75) is 32.0 Å². The lowest BCUT2D eigenvalue weighted by Crippen LogP contribution is -2.07. The zero-order chi connectivity index (χ0) is 7.82. The molecule has 1 unspecified atom stereocenters. The number of aliphatic hydroxyl groups excluding tert-OH is 2. The van der Waals surface area contributed by atoms with Crippen molar-refractivity contribution >= 4 is 0 Å². The first-order chi connectivity index (χ1) is 4.81. The van der Waals surface area contributed by atoms with Crippen molar-refractivity contribution in [2.24, 2.45) is 0 Å². The Kier molecular flexibility index (Phi) is 6.91. The Hall–Kier alpha value is -0.120. The molecule has 0 saturated heterocycles. The summed E-state index contributed by atoms with van der Waals surface area (Å²) in [4.78, 5) is 0. The number of methoxy groups -OCH3 is 1. The summed E-state index contributed by atoms with van der Waals surface area (Å²) in [7, 11) is 1.48. The Balaban J connectivity index is 2.89. The number of rotatable bonds is 6. The normalized spacial score (nSPS) is 13.5. The summed E-state index contributed by atoms with van der Waals surface area (Å²) in [5, 5.41) is 17.3. The van der Waals surface area contributed by atoms with Gasteiger partial charge in [-0.05, 0) is 19.3 Å². The van der Waals surface area contributed by atoms with Gasteiger partial charge in [0.25, 0.3) is 0 Å². The van der Waals surface area contributed by atoms with Crippen LogP contribution >= 0.6 is 0 Å². The third-order valence-corrected chi connectivity index (χ3v) is 1.38. The van der Waals surface area contributed by atoms with E-state index in [9.17, 15) is 0 Å². The highest BCUT2D eigenvalue weighted by molar-refractivity contribution is 4.43. The van der Waals surface area contributed by atoms with Gasteiger partial charge in [-0.1, -0.05) is 6.42 Å². The van der Waals surface area contributed by atoms with Crippen LogP contribution in [-0.2, 0) is 4.74 Å². The van der Waals surface area contributed by atoms with Gasteiger partial charge in [0.15, 0.2) is 6.29 Å². The zero-order valence-corrected chi connectivity index (χ0v) is 6.42. The number of hydrogen-bond donors (Lipinski definition) is 2. The van der Waals surface area contributed by atoms with Gasteiger partial charge in [-0.15, -0.1) is 0 Å². The van der Waals surface area contributed by atoms with Crippen LogP contribution in [0, 0.1) is 0 Å². The molecular weight excluding hydrogens is 132 g/mol. The molecule has 0 radical (unpaired) electrons. The van der Waals surface area contributed by atoms with Gasteiger partial charge in [0.05, 0.1) is 0 Å². The van der Waals surface area contributed by atoms with Gasteiger partial charge < -0.3 is 14.9 Å². The molecule has 0 aromatic carbocycles. The minimum Gasteiger partial charge on any atom is -0.396 e. The maximum absolute atomic E-state index is 8.87. The second-order valence-corrected chi connectivity index (χ2v) is 2.26. The lowest BCUT2D eigenvalue weighted by Gasteiger charge is -2.06. The van der Waals surface area contributed by atoms with Crippen molar-refractivity contribution in [3.05, 3.63) is 0 Å². The molecule has 0 rings (SSSR count). The minimum atomic E-state index is -0.626. The van der Waals surface area contributed by atoms with Gasteiger partial charge in [-0.25, -0.2) is 0 Å². The van der Waals surface area contributed by atoms with Gasteiger partial charge in [0.2, 0.25) is 0 Å². The molecule has 0 aromatic rings. The van der Waals surface area contributed by atoms with Crippen molar-refractivity contribution in [1.29, 1.82) is 0 Å². The van der Waals surface area contributed by atoms with Crippen LogP contribution in [0.2, 0.25) is 0 Å². The molecule has 0 spiro atoms. The molecule has 0 aromatic heterocycles. The first kappa shape index (κ1) is 9.88. The van der Waals surface area contributed by atoms with Gasteiger partial charge in [-0.3, -0.25) is 0 Å². The zero-order valence-electron chi connectivity index (χ0n) is 6.42. The van der Waals surface area contributed by atoms with Crippen molar-refractivity contribution in [3.63, 3.8) is 0 Å². The largest absolute Gasteiger partial charge is 0.396 e. The second-order valence-electron chi connectivity index (χ2n) is 2.26. The molecule has 3 heteroatoms. The van der Waals surface area contributed by atoms with Gasteiger partial charge >= 0.3 is 0 Å². The van der Waals surface area contributed by atoms with Crippen LogP contribution in [0.1, 0.15) is 25.7 Å². The van der Waals surface area contributed by atoms with E-state index in [2.05, 4.69) is 4.74 Å². The molecule has 1 atom stereocenters. The standard InChI is InChI=1S/C7H16O3/c1-10-7(9)5-3-2-4-6-8/h7-9H,2-6H2,1H3. The van der Waals surface area contributed by atoms with Crippen LogP contribution in [0.4, 0.5) is 0 Å². The average Bonchev–Trinajstić information content (AvgIpc) is 1.98. The summed E-state index contributed by atoms with van der Waals surface area (Å²) in [5.74, 6) is 0. The van der Waals surface area contributed by atoms with Crippen LogP contribution in [0.25, 0.3) is 0 Å². The third kappa shape index (κ3) is 6.01. The highest BCUT2D eigenvalue weighted by Crippen LogP contribution is 2.02. The maximum atomic E-state index is 8.87. The summed E-state index contributed by atoms with van der Waals surface area (Å²) >= 11 is 0. The molecule has 0 aliphatic heterocycles. The molecule has 3 nitrogen and oxygen atoms in total. The molecule has 0 bridgehead atoms. The van der Waals surface area contributed by atoms with Crippen molar-refractivity contribution < 1.29 is 14.9 Å². The molecule has 0 aliphatic rings. The summed E-state index contributed by atoms with van der Waals surface area (Å²) in [6.45, 7) is 0.239. The quantitative estimate of drug-likeness (QED) is 0.426. The Bertz CT molecular complexity index is 65.9. The molecule has 0 aliphatic carbocycles. The fourth-order valence-electron chi connectivity index (χ4n) is 0.725. The Morgan fingerprint density at radius 1 is 1.30 bits per heavy atom. The highest BCUT2D eigenvalue weighted by atomic mass is 16.6. The van der Waals surface area contributed by atoms with E-state index in [1.54, 1.807) is 0 Å². The van der Waals surface area contributed by atoms with Crippen LogP contribution < -0.4 is 0 Å². The van der Waals surface area contributed by atoms with E-state index >= 15 is 0 Å². The lowest BCUT2D eigenvalue weighted by atomic mass is 10.2. The monoisotopic (exact) mass is 148 g/mol. The highest BCUT2D eigenvalue weighted by Gasteiger charge is 1.98. The Morgan fingerprint density at radius 2 is 2.00 bits per heavy atom. The van der Waals surface area contributed by atoms with E-state index in [0.717, 1.165) is 19.3 Å². The van der Waals surface area contributed by atoms with E-state index in [0.29, 0.717) is 6.42 Å². The molecular formula is C7H16O3. The number of ether oxygens (including phenoxy) is 1. The minimum absolute atomic E-state index is 0.239. The Morgan fingerprint density at radius 3 is 2.50 bits per heavy atom. The number of unbranched alkanes of at least 4 members (excludes halogenated alkanes) is 2. The number of aliphatic hydroxyl groups is 2. The lowest BCUT2D eigenvalue weighted by molar-refractivity contribution is -0.0793. The molecule has 2 N–H and O–H groups in total. The first-order valence-electron chi connectivity index (χ1n) is 3.63. The molecule has 0 amide bonds. The number of hydrogen-bond acceptors (Lipinski definition) is 3. The van der Waals surface area contributed by atoms with Crippen molar-refractivity contribution in [3.8, 4) is 0 Å². The van der Waals surface area contributed by atoms with Crippen LogP contribution in [0.3, 0.4) is 0 Å². The van der Waals surface area contributed by atoms with Crippen molar-refractivity contribution in [2.75, 3.05) is 13.7 Å². The molecule has 10 heavy (non-hydrogen) atoms. The second kappa shape index (κ2) is 6.99. The molecule has 0 saturated carbocycles. The third-order valence-electron chi connectivity index (χ3n) is 1.38. The molecule has 62 valence electrons. The van der Waals surface area contributed by atoms with E-state index in [1.165, 1.54) is 7.11 Å². The van der Waals surface area contributed by atoms with Crippen LogP contribution in [0.15, 0.2) is 0 Å². The first-order valence-corrected chi connectivity index (χ1v) is 3.63. The van der Waals surface area contributed by atoms with Crippen LogP contribution in [0.5, 0.6) is 0 Å². The SMILES string of the molecule is COC(O)CCCCCO. The molecule has 0 fully saturated rings. The predicted octanol–water partition coefficient (Wildman–Crippen LogP) is 0.504. The summed E-state index contributed by atoms with van der Waals surface area (Å²) < 4.78 is 4.62. The summed E-state index contributed by atoms with van der Waals surface area (Å²) in [6, 6.07) is 0. The fourth-order valence-corrected chi connectivity index (χ4v) is 0.725. The smallest absolute Gasteiger partial charge is 0.154 e. The van der Waals surface area contributed by atoms with E-state index in [4.69, 9.17) is 10.2 Å². The van der Waals surface area contributed by atoms with Gasteiger partial charge in [0.1, 0.15) is 0 Å².